The largest absolute Gasteiger partial charge is 0.389 e. The molecule has 5 nitrogen and oxygen atoms in total. The van der Waals surface area contributed by atoms with Gasteiger partial charge in [-0.2, -0.15) is 4.31 Å². The van der Waals surface area contributed by atoms with Gasteiger partial charge < -0.3 is 9.84 Å². The minimum Gasteiger partial charge on any atom is -0.389 e. The van der Waals surface area contributed by atoms with Crippen LogP contribution in [0.4, 0.5) is 0 Å². The number of hydrogen-bond acceptors (Lipinski definition) is 4. The molecule has 1 rings (SSSR count). The van der Waals surface area contributed by atoms with E-state index < -0.39 is 16.1 Å². The molecule has 2 atom stereocenters. The zero-order chi connectivity index (χ0) is 14.6. The average molecular weight is 287 g/mol. The summed E-state index contributed by atoms with van der Waals surface area (Å²) in [5, 5.41) is 9.52. The molecule has 6 heteroatoms. The lowest BCUT2D eigenvalue weighted by Crippen LogP contribution is -2.37. The van der Waals surface area contributed by atoms with Crippen LogP contribution in [0.15, 0.2) is 29.2 Å². The van der Waals surface area contributed by atoms with Gasteiger partial charge >= 0.3 is 0 Å². The van der Waals surface area contributed by atoms with Gasteiger partial charge in [-0.1, -0.05) is 12.1 Å². The molecular weight excluding hydrogens is 266 g/mol. The number of benzene rings is 1. The molecule has 108 valence electrons. The van der Waals surface area contributed by atoms with Gasteiger partial charge in [-0.3, -0.25) is 0 Å². The summed E-state index contributed by atoms with van der Waals surface area (Å²) in [4.78, 5) is 0.177. The minimum absolute atomic E-state index is 0.177. The molecule has 0 saturated carbocycles. The molecule has 0 saturated heterocycles. The number of aliphatic hydroxyl groups is 1. The monoisotopic (exact) mass is 287 g/mol. The van der Waals surface area contributed by atoms with E-state index in [2.05, 4.69) is 0 Å². The number of nitrogens with zero attached hydrogens (tertiary/aromatic N) is 1. The Balaban J connectivity index is 3.09. The average Bonchev–Trinajstić information content (AvgIpc) is 2.38. The Morgan fingerprint density at radius 2 is 2.00 bits per heavy atom. The molecule has 0 aliphatic rings. The summed E-state index contributed by atoms with van der Waals surface area (Å²) in [6, 6.07) is 6.09. The maximum Gasteiger partial charge on any atom is 0.243 e. The molecule has 19 heavy (non-hydrogen) atoms. The first-order chi connectivity index (χ1) is 8.80. The summed E-state index contributed by atoms with van der Waals surface area (Å²) < 4.78 is 31.1. The first-order valence-corrected chi connectivity index (χ1v) is 7.49. The molecule has 0 aliphatic carbocycles. The maximum atomic E-state index is 12.4. The number of methoxy groups -OCH3 is 1. The lowest BCUT2D eigenvalue weighted by Gasteiger charge is -2.24. The van der Waals surface area contributed by atoms with Gasteiger partial charge in [0.2, 0.25) is 10.0 Å². The highest BCUT2D eigenvalue weighted by Crippen LogP contribution is 2.21. The fourth-order valence-corrected chi connectivity index (χ4v) is 3.09. The third-order valence-electron chi connectivity index (χ3n) is 3.05. The van der Waals surface area contributed by atoms with Crippen molar-refractivity contribution in [3.8, 4) is 0 Å². The second kappa shape index (κ2) is 6.47. The number of sulfonamides is 1. The fraction of sp³-hybridized carbons (Fsp3) is 0.538. The van der Waals surface area contributed by atoms with Crippen LogP contribution in [0.3, 0.4) is 0 Å². The molecule has 0 aromatic heterocycles. The van der Waals surface area contributed by atoms with E-state index in [1.807, 2.05) is 0 Å². The minimum atomic E-state index is -3.57. The molecule has 0 heterocycles. The molecule has 0 radical (unpaired) electrons. The molecule has 1 N–H and O–H groups in total. The van der Waals surface area contributed by atoms with Crippen LogP contribution in [0.5, 0.6) is 0 Å². The maximum absolute atomic E-state index is 12.4. The molecule has 1 aromatic carbocycles. The second-order valence-corrected chi connectivity index (χ2v) is 6.57. The van der Waals surface area contributed by atoms with E-state index in [9.17, 15) is 13.5 Å². The van der Waals surface area contributed by atoms with Crippen molar-refractivity contribution in [3.05, 3.63) is 29.8 Å². The zero-order valence-electron chi connectivity index (χ0n) is 11.7. The zero-order valence-corrected chi connectivity index (χ0v) is 12.5. The molecule has 0 aliphatic heterocycles. The Bertz CT molecular complexity index is 513. The smallest absolute Gasteiger partial charge is 0.243 e. The third-order valence-corrected chi connectivity index (χ3v) is 5.01. The molecular formula is C13H21NO4S. The number of ether oxygens (including phenoxy) is 1. The summed E-state index contributed by atoms with van der Waals surface area (Å²) in [5.41, 5.74) is 0.578. The summed E-state index contributed by atoms with van der Waals surface area (Å²) >= 11 is 0. The van der Waals surface area contributed by atoms with Crippen LogP contribution in [0.2, 0.25) is 0 Å². The van der Waals surface area contributed by atoms with Gasteiger partial charge in [0.1, 0.15) is 0 Å². The highest BCUT2D eigenvalue weighted by molar-refractivity contribution is 7.89. The number of hydrogen-bond donors (Lipinski definition) is 1. The lowest BCUT2D eigenvalue weighted by atomic mass is 10.1. The molecule has 0 spiro atoms. The van der Waals surface area contributed by atoms with Gasteiger partial charge in [-0.25, -0.2) is 8.42 Å². The summed E-state index contributed by atoms with van der Waals surface area (Å²) in [6.45, 7) is 3.70. The quantitative estimate of drug-likeness (QED) is 0.858. The van der Waals surface area contributed by atoms with Gasteiger partial charge in [0.05, 0.1) is 17.6 Å². The van der Waals surface area contributed by atoms with E-state index in [-0.39, 0.29) is 10.9 Å². The standard InChI is InChI=1S/C13H21NO4S/c1-10(9-18-4)14(3)19(16,17)13-7-5-6-12(8-13)11(2)15/h5-8,10-11,15H,9H2,1-4H3. The number of aliphatic hydroxyl groups excluding tert-OH is 1. The Morgan fingerprint density at radius 3 is 2.53 bits per heavy atom. The summed E-state index contributed by atoms with van der Waals surface area (Å²) in [6.07, 6.45) is -0.697. The Hall–Kier alpha value is -0.950. The van der Waals surface area contributed by atoms with Crippen LogP contribution in [-0.2, 0) is 14.8 Å². The van der Waals surface area contributed by atoms with Crippen molar-refractivity contribution < 1.29 is 18.3 Å². The van der Waals surface area contributed by atoms with Crippen molar-refractivity contribution >= 4 is 10.0 Å². The normalized spacial score (nSPS) is 15.5. The SMILES string of the molecule is COCC(C)N(C)S(=O)(=O)c1cccc(C(C)O)c1. The summed E-state index contributed by atoms with van der Waals surface area (Å²) in [5.74, 6) is 0. The Labute approximate surface area is 114 Å². The van der Waals surface area contributed by atoms with E-state index in [1.165, 1.54) is 30.6 Å². The molecule has 2 unspecified atom stereocenters. The fourth-order valence-electron chi connectivity index (χ4n) is 1.68. The van der Waals surface area contributed by atoms with Crippen molar-refractivity contribution in [3.63, 3.8) is 0 Å². The number of likely N-dealkylation sites (N-methyl/N-ethyl adjacent to an activating group) is 1. The van der Waals surface area contributed by atoms with Crippen molar-refractivity contribution in [1.82, 2.24) is 4.31 Å². The topological polar surface area (TPSA) is 66.8 Å². The van der Waals surface area contributed by atoms with Gasteiger partial charge in [-0.15, -0.1) is 0 Å². The first-order valence-electron chi connectivity index (χ1n) is 6.05. The van der Waals surface area contributed by atoms with E-state index in [0.29, 0.717) is 12.2 Å². The van der Waals surface area contributed by atoms with Gasteiger partial charge in [-0.05, 0) is 31.5 Å². The van der Waals surface area contributed by atoms with Crippen LogP contribution < -0.4 is 0 Å². The first kappa shape index (κ1) is 16.1. The van der Waals surface area contributed by atoms with Crippen molar-refractivity contribution in [2.75, 3.05) is 20.8 Å². The third kappa shape index (κ3) is 3.76. The van der Waals surface area contributed by atoms with Crippen LogP contribution in [0.25, 0.3) is 0 Å². The van der Waals surface area contributed by atoms with Crippen LogP contribution in [0.1, 0.15) is 25.5 Å². The highest BCUT2D eigenvalue weighted by Gasteiger charge is 2.25. The molecule has 0 amide bonds. The Morgan fingerprint density at radius 1 is 1.37 bits per heavy atom. The van der Waals surface area contributed by atoms with Crippen LogP contribution in [0, 0.1) is 0 Å². The van der Waals surface area contributed by atoms with E-state index in [1.54, 1.807) is 26.0 Å². The van der Waals surface area contributed by atoms with Gasteiger partial charge in [0.25, 0.3) is 0 Å². The summed E-state index contributed by atoms with van der Waals surface area (Å²) in [7, 11) is -0.520. The van der Waals surface area contributed by atoms with Gasteiger partial charge in [0, 0.05) is 20.2 Å². The second-order valence-electron chi connectivity index (χ2n) is 4.57. The highest BCUT2D eigenvalue weighted by atomic mass is 32.2. The predicted molar refractivity (Wildman–Crippen MR) is 73.4 cm³/mol. The van der Waals surface area contributed by atoms with Crippen LogP contribution >= 0.6 is 0 Å². The van der Waals surface area contributed by atoms with E-state index in [0.717, 1.165) is 0 Å². The Kier molecular flexibility index (Phi) is 5.49. The van der Waals surface area contributed by atoms with Crippen molar-refractivity contribution in [2.45, 2.75) is 30.9 Å². The predicted octanol–water partition coefficient (Wildman–Crippen LogP) is 1.40. The van der Waals surface area contributed by atoms with E-state index in [4.69, 9.17) is 4.74 Å². The van der Waals surface area contributed by atoms with Gasteiger partial charge in [0.15, 0.2) is 0 Å². The molecule has 0 fully saturated rings. The van der Waals surface area contributed by atoms with Crippen LogP contribution in [-0.4, -0.2) is 44.6 Å². The van der Waals surface area contributed by atoms with E-state index >= 15 is 0 Å². The van der Waals surface area contributed by atoms with Crippen molar-refractivity contribution in [2.24, 2.45) is 0 Å². The van der Waals surface area contributed by atoms with Crippen molar-refractivity contribution in [1.29, 1.82) is 0 Å². The molecule has 0 bridgehead atoms. The number of rotatable bonds is 6. The lowest BCUT2D eigenvalue weighted by molar-refractivity contribution is 0.149. The molecule has 1 aromatic rings.